The van der Waals surface area contributed by atoms with Crippen LogP contribution in [0.3, 0.4) is 0 Å². The molecule has 18 heavy (non-hydrogen) atoms. The summed E-state index contributed by atoms with van der Waals surface area (Å²) in [5.74, 6) is 1.05. The normalized spacial score (nSPS) is 11.6. The van der Waals surface area contributed by atoms with Crippen molar-refractivity contribution in [2.45, 2.75) is 33.6 Å². The van der Waals surface area contributed by atoms with Gasteiger partial charge in [-0.3, -0.25) is 0 Å². The highest BCUT2D eigenvalue weighted by Gasteiger charge is 2.26. The first-order valence-electron chi connectivity index (χ1n) is 6.35. The molecule has 0 fully saturated rings. The Balaban J connectivity index is 2.73. The molecule has 1 aromatic heterocycles. The SMILES string of the molecule is CCOc1c(N)nsc1NCC(CC)(CC)CO. The van der Waals surface area contributed by atoms with E-state index in [1.165, 1.54) is 11.5 Å². The Bertz CT molecular complexity index is 356. The van der Waals surface area contributed by atoms with Gasteiger partial charge in [-0.15, -0.1) is 0 Å². The first-order chi connectivity index (χ1) is 8.62. The fraction of sp³-hybridized carbons (Fsp3) is 0.750. The molecule has 0 saturated heterocycles. The lowest BCUT2D eigenvalue weighted by Crippen LogP contribution is -2.32. The summed E-state index contributed by atoms with van der Waals surface area (Å²) >= 11 is 1.30. The van der Waals surface area contributed by atoms with Gasteiger partial charge in [-0.2, -0.15) is 4.37 Å². The molecule has 0 aliphatic rings. The third kappa shape index (κ3) is 3.26. The Kier molecular flexibility index (Phi) is 5.68. The van der Waals surface area contributed by atoms with Crippen LogP contribution in [0.1, 0.15) is 33.6 Å². The van der Waals surface area contributed by atoms with Crippen LogP contribution in [0.25, 0.3) is 0 Å². The molecule has 1 heterocycles. The fourth-order valence-electron chi connectivity index (χ4n) is 1.74. The molecule has 4 N–H and O–H groups in total. The maximum Gasteiger partial charge on any atom is 0.197 e. The Morgan fingerprint density at radius 2 is 2.06 bits per heavy atom. The number of ether oxygens (including phenoxy) is 1. The number of hydrogen-bond acceptors (Lipinski definition) is 6. The van der Waals surface area contributed by atoms with Crippen LogP contribution >= 0.6 is 11.5 Å². The molecule has 0 radical (unpaired) electrons. The smallest absolute Gasteiger partial charge is 0.197 e. The molecule has 0 aromatic carbocycles. The summed E-state index contributed by atoms with van der Waals surface area (Å²) in [4.78, 5) is 0. The summed E-state index contributed by atoms with van der Waals surface area (Å²) in [6, 6.07) is 0. The van der Waals surface area contributed by atoms with Gasteiger partial charge in [-0.1, -0.05) is 13.8 Å². The minimum atomic E-state index is -0.0950. The third-order valence-corrected chi connectivity index (χ3v) is 4.22. The molecule has 0 bridgehead atoms. The summed E-state index contributed by atoms with van der Waals surface area (Å²) in [5.41, 5.74) is 5.65. The van der Waals surface area contributed by atoms with Gasteiger partial charge in [-0.25, -0.2) is 0 Å². The average Bonchev–Trinajstić information content (AvgIpc) is 2.74. The Morgan fingerprint density at radius 1 is 1.39 bits per heavy atom. The molecular weight excluding hydrogens is 250 g/mol. The van der Waals surface area contributed by atoms with Gasteiger partial charge in [0.25, 0.3) is 0 Å². The van der Waals surface area contributed by atoms with Crippen molar-refractivity contribution in [2.24, 2.45) is 5.41 Å². The Labute approximate surface area is 113 Å². The van der Waals surface area contributed by atoms with Crippen molar-refractivity contribution in [3.63, 3.8) is 0 Å². The van der Waals surface area contributed by atoms with Gasteiger partial charge in [0.2, 0.25) is 0 Å². The molecule has 0 aliphatic carbocycles. The van der Waals surface area contributed by atoms with Crippen molar-refractivity contribution in [1.82, 2.24) is 4.37 Å². The van der Waals surface area contributed by atoms with E-state index in [1.54, 1.807) is 0 Å². The summed E-state index contributed by atoms with van der Waals surface area (Å²) in [6.07, 6.45) is 1.84. The molecule has 6 heteroatoms. The molecule has 0 unspecified atom stereocenters. The van der Waals surface area contributed by atoms with E-state index in [4.69, 9.17) is 10.5 Å². The van der Waals surface area contributed by atoms with Gasteiger partial charge < -0.3 is 20.9 Å². The van der Waals surface area contributed by atoms with Gasteiger partial charge in [0, 0.05) is 12.0 Å². The van der Waals surface area contributed by atoms with Gasteiger partial charge in [0.15, 0.2) is 16.6 Å². The number of anilines is 2. The van der Waals surface area contributed by atoms with E-state index in [9.17, 15) is 5.11 Å². The van der Waals surface area contributed by atoms with Crippen LogP contribution in [-0.2, 0) is 0 Å². The lowest BCUT2D eigenvalue weighted by molar-refractivity contribution is 0.127. The van der Waals surface area contributed by atoms with E-state index < -0.39 is 0 Å². The molecule has 0 aliphatic heterocycles. The largest absolute Gasteiger partial charge is 0.487 e. The number of hydrogen-bond donors (Lipinski definition) is 3. The monoisotopic (exact) mass is 273 g/mol. The van der Waals surface area contributed by atoms with Crippen molar-refractivity contribution >= 4 is 22.4 Å². The van der Waals surface area contributed by atoms with Gasteiger partial charge in [-0.05, 0) is 31.3 Å². The summed E-state index contributed by atoms with van der Waals surface area (Å²) < 4.78 is 9.55. The van der Waals surface area contributed by atoms with Crippen LogP contribution in [0.4, 0.5) is 10.8 Å². The van der Waals surface area contributed by atoms with E-state index >= 15 is 0 Å². The second-order valence-electron chi connectivity index (χ2n) is 4.38. The Hall–Kier alpha value is -1.01. The number of aromatic nitrogens is 1. The molecule has 0 spiro atoms. The molecule has 104 valence electrons. The maximum atomic E-state index is 9.52. The summed E-state index contributed by atoms with van der Waals surface area (Å²) in [6.45, 7) is 7.52. The standard InChI is InChI=1S/C12H23N3O2S/c1-4-12(5-2,8-16)7-14-11-9(17-6-3)10(13)15-18-11/h14,16H,4-8H2,1-3H3,(H2,13,15). The lowest BCUT2D eigenvalue weighted by atomic mass is 9.83. The highest BCUT2D eigenvalue weighted by atomic mass is 32.1. The first-order valence-corrected chi connectivity index (χ1v) is 7.12. The van der Waals surface area contributed by atoms with Crippen LogP contribution in [0.15, 0.2) is 0 Å². The summed E-state index contributed by atoms with van der Waals surface area (Å²) in [5, 5.41) is 13.7. The number of nitrogens with one attached hydrogen (secondary N) is 1. The minimum absolute atomic E-state index is 0.0950. The number of nitrogen functional groups attached to an aromatic ring is 1. The summed E-state index contributed by atoms with van der Waals surface area (Å²) in [7, 11) is 0. The maximum absolute atomic E-state index is 9.52. The van der Waals surface area contributed by atoms with E-state index in [0.29, 0.717) is 24.7 Å². The van der Waals surface area contributed by atoms with Gasteiger partial charge in [0.05, 0.1) is 13.2 Å². The van der Waals surface area contributed by atoms with Crippen LogP contribution < -0.4 is 15.8 Å². The van der Waals surface area contributed by atoms with Crippen molar-refractivity contribution in [3.05, 3.63) is 0 Å². The average molecular weight is 273 g/mol. The van der Waals surface area contributed by atoms with Crippen molar-refractivity contribution in [3.8, 4) is 5.75 Å². The molecular formula is C12H23N3O2S. The predicted molar refractivity (Wildman–Crippen MR) is 76.3 cm³/mol. The zero-order valence-corrected chi connectivity index (χ0v) is 12.1. The van der Waals surface area contributed by atoms with E-state index in [-0.39, 0.29) is 12.0 Å². The molecule has 0 saturated carbocycles. The molecule has 0 amide bonds. The second kappa shape index (κ2) is 6.80. The van der Waals surface area contributed by atoms with Crippen LogP contribution in [0.5, 0.6) is 5.75 Å². The number of rotatable bonds is 8. The van der Waals surface area contributed by atoms with E-state index in [2.05, 4.69) is 23.5 Å². The van der Waals surface area contributed by atoms with E-state index in [0.717, 1.165) is 17.8 Å². The van der Waals surface area contributed by atoms with Crippen molar-refractivity contribution in [1.29, 1.82) is 0 Å². The van der Waals surface area contributed by atoms with Crippen molar-refractivity contribution in [2.75, 3.05) is 30.8 Å². The number of aliphatic hydroxyl groups is 1. The topological polar surface area (TPSA) is 80.4 Å². The fourth-order valence-corrected chi connectivity index (χ4v) is 2.39. The molecule has 0 atom stereocenters. The van der Waals surface area contributed by atoms with Gasteiger partial charge >= 0.3 is 0 Å². The quantitative estimate of drug-likeness (QED) is 0.677. The number of nitrogens with two attached hydrogens (primary N) is 1. The Morgan fingerprint density at radius 3 is 2.56 bits per heavy atom. The highest BCUT2D eigenvalue weighted by molar-refractivity contribution is 7.11. The van der Waals surface area contributed by atoms with Crippen molar-refractivity contribution < 1.29 is 9.84 Å². The minimum Gasteiger partial charge on any atom is -0.487 e. The molecule has 1 rings (SSSR count). The zero-order chi connectivity index (χ0) is 13.6. The van der Waals surface area contributed by atoms with Crippen LogP contribution in [-0.4, -0.2) is 29.2 Å². The first kappa shape index (κ1) is 15.0. The molecule has 5 nitrogen and oxygen atoms in total. The predicted octanol–water partition coefficient (Wildman–Crippen LogP) is 2.33. The number of aliphatic hydroxyl groups excluding tert-OH is 1. The van der Waals surface area contributed by atoms with Gasteiger partial charge in [0.1, 0.15) is 0 Å². The second-order valence-corrected chi connectivity index (χ2v) is 5.15. The highest BCUT2D eigenvalue weighted by Crippen LogP contribution is 2.36. The number of nitrogens with zero attached hydrogens (tertiary/aromatic N) is 1. The zero-order valence-electron chi connectivity index (χ0n) is 11.3. The lowest BCUT2D eigenvalue weighted by Gasteiger charge is -2.29. The van der Waals surface area contributed by atoms with Crippen LogP contribution in [0.2, 0.25) is 0 Å². The molecule has 1 aromatic rings. The van der Waals surface area contributed by atoms with Crippen LogP contribution in [0, 0.1) is 5.41 Å². The third-order valence-electron chi connectivity index (χ3n) is 3.42. The van der Waals surface area contributed by atoms with E-state index in [1.807, 2.05) is 6.92 Å².